The lowest BCUT2D eigenvalue weighted by Gasteiger charge is -2.14. The predicted molar refractivity (Wildman–Crippen MR) is 75.2 cm³/mol. The Bertz CT molecular complexity index is 584. The van der Waals surface area contributed by atoms with Crippen LogP contribution in [0.15, 0.2) is 34.7 Å². The topological polar surface area (TPSA) is 42.2 Å². The van der Waals surface area contributed by atoms with Crippen LogP contribution < -0.4 is 5.32 Å². The van der Waals surface area contributed by atoms with Gasteiger partial charge < -0.3 is 9.73 Å². The summed E-state index contributed by atoms with van der Waals surface area (Å²) in [6, 6.07) is 9.89. The van der Waals surface area contributed by atoms with Crippen molar-refractivity contribution >= 4 is 5.91 Å². The summed E-state index contributed by atoms with van der Waals surface area (Å²) >= 11 is 0. The number of furan rings is 1. The molecule has 0 saturated carbocycles. The van der Waals surface area contributed by atoms with Crippen LogP contribution in [0.2, 0.25) is 0 Å². The smallest absolute Gasteiger partial charge is 0.255 e. The Hall–Kier alpha value is -2.03. The van der Waals surface area contributed by atoms with Gasteiger partial charge in [0.2, 0.25) is 0 Å². The monoisotopic (exact) mass is 257 g/mol. The molecule has 0 aliphatic carbocycles. The largest absolute Gasteiger partial charge is 0.466 e. The summed E-state index contributed by atoms with van der Waals surface area (Å²) in [5, 5.41) is 3.01. The molecule has 100 valence electrons. The molecule has 0 saturated heterocycles. The second kappa shape index (κ2) is 5.31. The molecule has 0 aliphatic rings. The maximum Gasteiger partial charge on any atom is 0.255 e. The first-order valence-electron chi connectivity index (χ1n) is 6.43. The van der Waals surface area contributed by atoms with Crippen molar-refractivity contribution in [2.24, 2.45) is 0 Å². The highest BCUT2D eigenvalue weighted by Crippen LogP contribution is 2.21. The number of carbonyl (C=O) groups excluding carboxylic acids is 1. The third-order valence-electron chi connectivity index (χ3n) is 3.44. The quantitative estimate of drug-likeness (QED) is 0.911. The van der Waals surface area contributed by atoms with Crippen molar-refractivity contribution in [3.8, 4) is 0 Å². The van der Waals surface area contributed by atoms with E-state index in [-0.39, 0.29) is 11.9 Å². The Balaban J connectivity index is 2.18. The van der Waals surface area contributed by atoms with E-state index in [0.29, 0.717) is 11.3 Å². The summed E-state index contributed by atoms with van der Waals surface area (Å²) in [6.07, 6.45) is 0. The van der Waals surface area contributed by atoms with E-state index in [1.807, 2.05) is 58.0 Å². The average Bonchev–Trinajstić information content (AvgIpc) is 2.64. The van der Waals surface area contributed by atoms with Crippen LogP contribution in [0.3, 0.4) is 0 Å². The van der Waals surface area contributed by atoms with Crippen molar-refractivity contribution < 1.29 is 9.21 Å². The highest BCUT2D eigenvalue weighted by molar-refractivity contribution is 5.97. The molecule has 1 aromatic carbocycles. The van der Waals surface area contributed by atoms with Gasteiger partial charge in [0.15, 0.2) is 0 Å². The van der Waals surface area contributed by atoms with Crippen LogP contribution in [-0.4, -0.2) is 5.91 Å². The maximum absolute atomic E-state index is 12.3. The third-order valence-corrected chi connectivity index (χ3v) is 3.44. The molecule has 3 heteroatoms. The highest BCUT2D eigenvalue weighted by Gasteiger charge is 2.20. The van der Waals surface area contributed by atoms with Crippen LogP contribution in [0.25, 0.3) is 0 Å². The van der Waals surface area contributed by atoms with E-state index in [9.17, 15) is 4.79 Å². The van der Waals surface area contributed by atoms with Crippen LogP contribution in [0, 0.1) is 20.8 Å². The molecule has 1 N–H and O–H groups in total. The van der Waals surface area contributed by atoms with Gasteiger partial charge in [0.05, 0.1) is 11.6 Å². The molecule has 0 spiro atoms. The highest BCUT2D eigenvalue weighted by atomic mass is 16.3. The number of rotatable bonds is 3. The minimum Gasteiger partial charge on any atom is -0.466 e. The minimum atomic E-state index is -0.0804. The second-order valence-corrected chi connectivity index (χ2v) is 4.82. The first-order chi connectivity index (χ1) is 9.00. The molecule has 1 unspecified atom stereocenters. The Labute approximate surface area is 113 Å². The summed E-state index contributed by atoms with van der Waals surface area (Å²) in [6.45, 7) is 7.58. The van der Waals surface area contributed by atoms with Crippen molar-refractivity contribution in [1.29, 1.82) is 0 Å². The van der Waals surface area contributed by atoms with Gasteiger partial charge in [0.1, 0.15) is 11.5 Å². The molecule has 1 atom stereocenters. The van der Waals surface area contributed by atoms with Gasteiger partial charge in [0.25, 0.3) is 5.91 Å². The Kier molecular flexibility index (Phi) is 3.74. The van der Waals surface area contributed by atoms with Gasteiger partial charge in [0, 0.05) is 5.56 Å². The van der Waals surface area contributed by atoms with Crippen molar-refractivity contribution in [3.05, 3.63) is 58.5 Å². The molecule has 0 radical (unpaired) electrons. The normalized spacial score (nSPS) is 12.2. The molecule has 0 aliphatic heterocycles. The second-order valence-electron chi connectivity index (χ2n) is 4.82. The number of benzene rings is 1. The Morgan fingerprint density at radius 1 is 1.11 bits per heavy atom. The fraction of sp³-hybridized carbons (Fsp3) is 0.312. The zero-order valence-electron chi connectivity index (χ0n) is 11.8. The summed E-state index contributed by atoms with van der Waals surface area (Å²) in [5.74, 6) is 1.39. The van der Waals surface area contributed by atoms with Gasteiger partial charge in [-0.05, 0) is 33.3 Å². The van der Waals surface area contributed by atoms with Crippen molar-refractivity contribution in [3.63, 3.8) is 0 Å². The molecule has 0 fully saturated rings. The first kappa shape index (κ1) is 13.4. The zero-order chi connectivity index (χ0) is 14.0. The summed E-state index contributed by atoms with van der Waals surface area (Å²) in [5.41, 5.74) is 2.65. The van der Waals surface area contributed by atoms with E-state index >= 15 is 0 Å². The number of aryl methyl sites for hydroxylation is 2. The van der Waals surface area contributed by atoms with Gasteiger partial charge in [-0.3, -0.25) is 4.79 Å². The standard InChI is InChI=1S/C16H19NO2/c1-10-12(3)19-13(4)15(10)16(18)17-11(2)14-8-6-5-7-9-14/h5-9,11H,1-4H3,(H,17,18). The van der Waals surface area contributed by atoms with E-state index < -0.39 is 0 Å². The summed E-state index contributed by atoms with van der Waals surface area (Å²) < 4.78 is 5.49. The Morgan fingerprint density at radius 3 is 2.26 bits per heavy atom. The van der Waals surface area contributed by atoms with Crippen LogP contribution in [0.5, 0.6) is 0 Å². The molecule has 3 nitrogen and oxygen atoms in total. The van der Waals surface area contributed by atoms with E-state index in [0.717, 1.165) is 16.9 Å². The number of nitrogens with one attached hydrogen (secondary N) is 1. The Morgan fingerprint density at radius 2 is 1.74 bits per heavy atom. The minimum absolute atomic E-state index is 0.0253. The van der Waals surface area contributed by atoms with Gasteiger partial charge in [-0.2, -0.15) is 0 Å². The first-order valence-corrected chi connectivity index (χ1v) is 6.43. The molecule has 1 amide bonds. The predicted octanol–water partition coefficient (Wildman–Crippen LogP) is 3.70. The molecule has 1 heterocycles. The van der Waals surface area contributed by atoms with E-state index in [4.69, 9.17) is 4.42 Å². The molecule has 0 bridgehead atoms. The van der Waals surface area contributed by atoms with Gasteiger partial charge in [-0.1, -0.05) is 30.3 Å². The lowest BCUT2D eigenvalue weighted by Crippen LogP contribution is -2.27. The van der Waals surface area contributed by atoms with E-state index in [2.05, 4.69) is 5.32 Å². The molecule has 2 rings (SSSR count). The van der Waals surface area contributed by atoms with Gasteiger partial charge in [-0.15, -0.1) is 0 Å². The van der Waals surface area contributed by atoms with Gasteiger partial charge in [-0.25, -0.2) is 0 Å². The SMILES string of the molecule is Cc1oc(C)c(C(=O)NC(C)c2ccccc2)c1C. The fourth-order valence-corrected chi connectivity index (χ4v) is 2.22. The average molecular weight is 257 g/mol. The fourth-order valence-electron chi connectivity index (χ4n) is 2.22. The van der Waals surface area contributed by atoms with Gasteiger partial charge >= 0.3 is 0 Å². The zero-order valence-corrected chi connectivity index (χ0v) is 11.8. The van der Waals surface area contributed by atoms with Crippen LogP contribution in [-0.2, 0) is 0 Å². The molecule has 1 aromatic heterocycles. The molecule has 19 heavy (non-hydrogen) atoms. The number of carbonyl (C=O) groups is 1. The van der Waals surface area contributed by atoms with Crippen LogP contribution in [0.4, 0.5) is 0 Å². The maximum atomic E-state index is 12.3. The van der Waals surface area contributed by atoms with Crippen molar-refractivity contribution in [2.75, 3.05) is 0 Å². The number of amides is 1. The van der Waals surface area contributed by atoms with Crippen molar-refractivity contribution in [2.45, 2.75) is 33.7 Å². The lowest BCUT2D eigenvalue weighted by atomic mass is 10.1. The molecular formula is C16H19NO2. The molecular weight excluding hydrogens is 238 g/mol. The van der Waals surface area contributed by atoms with Crippen LogP contribution >= 0.6 is 0 Å². The van der Waals surface area contributed by atoms with E-state index in [1.165, 1.54) is 0 Å². The third kappa shape index (κ3) is 2.70. The summed E-state index contributed by atoms with van der Waals surface area (Å²) in [7, 11) is 0. The summed E-state index contributed by atoms with van der Waals surface area (Å²) in [4.78, 5) is 12.3. The lowest BCUT2D eigenvalue weighted by molar-refractivity contribution is 0.0938. The number of hydrogen-bond donors (Lipinski definition) is 1. The van der Waals surface area contributed by atoms with E-state index in [1.54, 1.807) is 0 Å². The van der Waals surface area contributed by atoms with Crippen molar-refractivity contribution in [1.82, 2.24) is 5.32 Å². The molecule has 2 aromatic rings. The van der Waals surface area contributed by atoms with Crippen LogP contribution in [0.1, 0.15) is 46.0 Å². The number of hydrogen-bond acceptors (Lipinski definition) is 2.